The molecule has 1 heterocycles. The van der Waals surface area contributed by atoms with E-state index in [0.717, 1.165) is 24.1 Å². The predicted octanol–water partition coefficient (Wildman–Crippen LogP) is 2.55. The molecule has 5 nitrogen and oxygen atoms in total. The molecule has 1 aromatic heterocycles. The van der Waals surface area contributed by atoms with Gasteiger partial charge in [0, 0.05) is 36.1 Å². The number of rotatable bonds is 6. The Hall–Kier alpha value is -2.56. The average Bonchev–Trinajstić information content (AvgIpc) is 2.50. The van der Waals surface area contributed by atoms with Crippen LogP contribution in [0.15, 0.2) is 47.4 Å². The van der Waals surface area contributed by atoms with Crippen LogP contribution in [0.3, 0.4) is 0 Å². The van der Waals surface area contributed by atoms with Gasteiger partial charge in [-0.2, -0.15) is 0 Å². The summed E-state index contributed by atoms with van der Waals surface area (Å²) >= 11 is 0. The van der Waals surface area contributed by atoms with Gasteiger partial charge in [-0.15, -0.1) is 0 Å². The fraction of sp³-hybridized carbons (Fsp3) is 0.294. The van der Waals surface area contributed by atoms with Crippen molar-refractivity contribution in [1.29, 1.82) is 0 Å². The molecule has 116 valence electrons. The highest BCUT2D eigenvalue weighted by Crippen LogP contribution is 2.11. The first-order valence-electron chi connectivity index (χ1n) is 7.38. The highest BCUT2D eigenvalue weighted by Gasteiger charge is 2.03. The van der Waals surface area contributed by atoms with Gasteiger partial charge in [0.15, 0.2) is 0 Å². The van der Waals surface area contributed by atoms with Crippen molar-refractivity contribution in [3.63, 3.8) is 0 Å². The molecule has 3 N–H and O–H groups in total. The Morgan fingerprint density at radius 2 is 1.91 bits per heavy atom. The minimum atomic E-state index is -0.0265. The van der Waals surface area contributed by atoms with Crippen LogP contribution < -0.4 is 16.6 Å². The van der Waals surface area contributed by atoms with Crippen molar-refractivity contribution in [2.24, 2.45) is 0 Å². The van der Waals surface area contributed by atoms with Crippen LogP contribution in [-0.2, 0) is 11.3 Å². The molecule has 0 fully saturated rings. The molecule has 0 aliphatic heterocycles. The number of hydrogen-bond acceptors (Lipinski definition) is 3. The van der Waals surface area contributed by atoms with E-state index < -0.39 is 0 Å². The summed E-state index contributed by atoms with van der Waals surface area (Å²) in [4.78, 5) is 23.7. The largest absolute Gasteiger partial charge is 0.399 e. The molecule has 0 aliphatic rings. The van der Waals surface area contributed by atoms with Crippen molar-refractivity contribution in [3.05, 3.63) is 58.5 Å². The van der Waals surface area contributed by atoms with E-state index in [4.69, 9.17) is 5.73 Å². The molecule has 0 saturated carbocycles. The summed E-state index contributed by atoms with van der Waals surface area (Å²) < 4.78 is 1.69. The van der Waals surface area contributed by atoms with Crippen LogP contribution in [0.2, 0.25) is 0 Å². The van der Waals surface area contributed by atoms with Crippen molar-refractivity contribution < 1.29 is 4.79 Å². The molecule has 1 amide bonds. The van der Waals surface area contributed by atoms with E-state index in [1.165, 1.54) is 0 Å². The third-order valence-electron chi connectivity index (χ3n) is 3.46. The first kappa shape index (κ1) is 15.8. The molecule has 0 radical (unpaired) electrons. The summed E-state index contributed by atoms with van der Waals surface area (Å²) in [6, 6.07) is 10.7. The normalized spacial score (nSPS) is 10.4. The minimum absolute atomic E-state index is 0.0265. The van der Waals surface area contributed by atoms with Crippen LogP contribution in [0, 0.1) is 6.92 Å². The molecule has 0 aliphatic carbocycles. The summed E-state index contributed by atoms with van der Waals surface area (Å²) in [5.41, 5.74) is 7.78. The Morgan fingerprint density at radius 3 is 2.64 bits per heavy atom. The van der Waals surface area contributed by atoms with Crippen LogP contribution >= 0.6 is 0 Å². The van der Waals surface area contributed by atoms with Crippen molar-refractivity contribution in [2.45, 2.75) is 32.7 Å². The number of pyridine rings is 1. The van der Waals surface area contributed by atoms with Gasteiger partial charge in [-0.25, -0.2) is 0 Å². The van der Waals surface area contributed by atoms with Crippen LogP contribution in [0.25, 0.3) is 0 Å². The molecule has 2 aromatic rings. The van der Waals surface area contributed by atoms with Gasteiger partial charge < -0.3 is 15.6 Å². The van der Waals surface area contributed by atoms with Crippen molar-refractivity contribution >= 4 is 17.3 Å². The molecule has 0 bridgehead atoms. The average molecular weight is 299 g/mol. The zero-order chi connectivity index (χ0) is 15.9. The molecular weight excluding hydrogens is 278 g/mol. The zero-order valence-corrected chi connectivity index (χ0v) is 12.7. The Bertz CT molecular complexity index is 690. The van der Waals surface area contributed by atoms with Gasteiger partial charge >= 0.3 is 0 Å². The second-order valence-electron chi connectivity index (χ2n) is 5.32. The van der Waals surface area contributed by atoms with E-state index >= 15 is 0 Å². The molecule has 22 heavy (non-hydrogen) atoms. The second-order valence-corrected chi connectivity index (χ2v) is 5.32. The van der Waals surface area contributed by atoms with Crippen LogP contribution in [-0.4, -0.2) is 10.5 Å². The number of nitrogens with two attached hydrogens (primary N) is 1. The smallest absolute Gasteiger partial charge is 0.253 e. The third kappa shape index (κ3) is 4.48. The number of benzene rings is 1. The van der Waals surface area contributed by atoms with Gasteiger partial charge in [0.1, 0.15) is 0 Å². The number of anilines is 2. The maximum Gasteiger partial charge on any atom is 0.253 e. The van der Waals surface area contributed by atoms with Crippen LogP contribution in [0.4, 0.5) is 11.4 Å². The highest BCUT2D eigenvalue weighted by molar-refractivity contribution is 5.90. The number of amides is 1. The summed E-state index contributed by atoms with van der Waals surface area (Å²) in [7, 11) is 0. The fourth-order valence-corrected chi connectivity index (χ4v) is 2.19. The maximum absolute atomic E-state index is 11.8. The van der Waals surface area contributed by atoms with Gasteiger partial charge in [-0.3, -0.25) is 9.59 Å². The SMILES string of the molecule is Cc1cccn(CCCCC(=O)Nc2ccc(N)cc2)c1=O. The lowest BCUT2D eigenvalue weighted by Crippen LogP contribution is -2.21. The predicted molar refractivity (Wildman–Crippen MR) is 88.8 cm³/mol. The number of aromatic nitrogens is 1. The van der Waals surface area contributed by atoms with Gasteiger partial charge in [0.2, 0.25) is 5.91 Å². The van der Waals surface area contributed by atoms with Crippen molar-refractivity contribution in [2.75, 3.05) is 11.1 Å². The molecule has 0 unspecified atom stereocenters. The Kier molecular flexibility index (Phi) is 5.36. The third-order valence-corrected chi connectivity index (χ3v) is 3.46. The van der Waals surface area contributed by atoms with Crippen LogP contribution in [0.1, 0.15) is 24.8 Å². The number of aryl methyl sites for hydroxylation is 2. The number of nitrogens with one attached hydrogen (secondary N) is 1. The number of nitrogens with zero attached hydrogens (tertiary/aromatic N) is 1. The van der Waals surface area contributed by atoms with Crippen molar-refractivity contribution in [1.82, 2.24) is 4.57 Å². The number of nitrogen functional groups attached to an aromatic ring is 1. The lowest BCUT2D eigenvalue weighted by atomic mass is 10.2. The Balaban J connectivity index is 1.74. The summed E-state index contributed by atoms with van der Waals surface area (Å²) in [5.74, 6) is -0.0265. The van der Waals surface area contributed by atoms with E-state index in [9.17, 15) is 9.59 Å². The lowest BCUT2D eigenvalue weighted by molar-refractivity contribution is -0.116. The van der Waals surface area contributed by atoms with Gasteiger partial charge in [-0.1, -0.05) is 6.07 Å². The van der Waals surface area contributed by atoms with E-state index in [1.54, 1.807) is 48.0 Å². The molecule has 0 spiro atoms. The highest BCUT2D eigenvalue weighted by atomic mass is 16.1. The quantitative estimate of drug-likeness (QED) is 0.635. The number of hydrogen-bond donors (Lipinski definition) is 2. The summed E-state index contributed by atoms with van der Waals surface area (Å²) in [6.45, 7) is 2.44. The molecule has 0 atom stereocenters. The van der Waals surface area contributed by atoms with Gasteiger partial charge in [0.25, 0.3) is 5.56 Å². The first-order chi connectivity index (χ1) is 10.6. The Labute approximate surface area is 129 Å². The topological polar surface area (TPSA) is 77.1 Å². The van der Waals surface area contributed by atoms with Gasteiger partial charge in [0.05, 0.1) is 0 Å². The molecule has 1 aromatic carbocycles. The van der Waals surface area contributed by atoms with Crippen molar-refractivity contribution in [3.8, 4) is 0 Å². The van der Waals surface area contributed by atoms with E-state index in [0.29, 0.717) is 18.7 Å². The lowest BCUT2D eigenvalue weighted by Gasteiger charge is -2.07. The monoisotopic (exact) mass is 299 g/mol. The first-order valence-corrected chi connectivity index (χ1v) is 7.38. The second kappa shape index (κ2) is 7.45. The summed E-state index contributed by atoms with van der Waals surface area (Å²) in [6.07, 6.45) is 3.74. The zero-order valence-electron chi connectivity index (χ0n) is 12.7. The van der Waals surface area contributed by atoms with Gasteiger partial charge in [-0.05, 0) is 50.1 Å². The molecule has 0 saturated heterocycles. The van der Waals surface area contributed by atoms with Crippen LogP contribution in [0.5, 0.6) is 0 Å². The van der Waals surface area contributed by atoms with E-state index in [-0.39, 0.29) is 11.5 Å². The molecule has 5 heteroatoms. The number of carbonyl (C=O) groups excluding carboxylic acids is 1. The summed E-state index contributed by atoms with van der Waals surface area (Å²) in [5, 5.41) is 2.83. The minimum Gasteiger partial charge on any atom is -0.399 e. The number of unbranched alkanes of at least 4 members (excludes halogenated alkanes) is 1. The van der Waals surface area contributed by atoms with E-state index in [2.05, 4.69) is 5.32 Å². The standard InChI is InChI=1S/C17H21N3O2/c1-13-5-4-12-20(17(13)22)11-3-2-6-16(21)19-15-9-7-14(18)8-10-15/h4-5,7-10,12H,2-3,6,11,18H2,1H3,(H,19,21). The molecular formula is C17H21N3O2. The van der Waals surface area contributed by atoms with E-state index in [1.807, 2.05) is 6.07 Å². The number of carbonyl (C=O) groups is 1. The maximum atomic E-state index is 11.8. The molecule has 2 rings (SSSR count). The fourth-order valence-electron chi connectivity index (χ4n) is 2.19. The Morgan fingerprint density at radius 1 is 1.18 bits per heavy atom.